The zero-order valence-electron chi connectivity index (χ0n) is 7.31. The Morgan fingerprint density at radius 2 is 2.00 bits per heavy atom. The molecule has 1 aromatic rings. The highest BCUT2D eigenvalue weighted by molar-refractivity contribution is 5.42. The molecular weight excluding hydrogens is 218 g/mol. The molecule has 0 unspecified atom stereocenters. The SMILES string of the molecule is NCc1c(F)cc(OC(F)(F)F)nc1N. The van der Waals surface area contributed by atoms with Gasteiger partial charge in [0.2, 0.25) is 5.88 Å². The average Bonchev–Trinajstić information content (AvgIpc) is 1.99. The first-order valence-electron chi connectivity index (χ1n) is 3.74. The minimum atomic E-state index is -4.93. The molecule has 0 bridgehead atoms. The van der Waals surface area contributed by atoms with Gasteiger partial charge in [0.25, 0.3) is 0 Å². The van der Waals surface area contributed by atoms with Gasteiger partial charge in [-0.2, -0.15) is 4.98 Å². The number of hydrogen-bond acceptors (Lipinski definition) is 4. The second-order valence-electron chi connectivity index (χ2n) is 2.56. The van der Waals surface area contributed by atoms with E-state index in [-0.39, 0.29) is 12.1 Å². The molecule has 0 amide bonds. The lowest BCUT2D eigenvalue weighted by Gasteiger charge is -2.10. The van der Waals surface area contributed by atoms with Crippen LogP contribution in [-0.2, 0) is 6.54 Å². The molecule has 84 valence electrons. The number of anilines is 1. The summed E-state index contributed by atoms with van der Waals surface area (Å²) in [5.41, 5.74) is 10.1. The van der Waals surface area contributed by atoms with E-state index in [1.165, 1.54) is 0 Å². The van der Waals surface area contributed by atoms with Crippen LogP contribution in [0.15, 0.2) is 6.07 Å². The van der Waals surface area contributed by atoms with Crippen LogP contribution in [0.2, 0.25) is 0 Å². The summed E-state index contributed by atoms with van der Waals surface area (Å²) in [7, 11) is 0. The number of rotatable bonds is 2. The summed E-state index contributed by atoms with van der Waals surface area (Å²) in [4.78, 5) is 3.21. The van der Waals surface area contributed by atoms with E-state index in [9.17, 15) is 17.6 Å². The summed E-state index contributed by atoms with van der Waals surface area (Å²) in [5.74, 6) is -2.35. The van der Waals surface area contributed by atoms with Crippen LogP contribution in [0, 0.1) is 5.82 Å². The minimum absolute atomic E-state index is 0.149. The molecule has 0 radical (unpaired) electrons. The fourth-order valence-corrected chi connectivity index (χ4v) is 0.909. The zero-order valence-corrected chi connectivity index (χ0v) is 7.31. The summed E-state index contributed by atoms with van der Waals surface area (Å²) < 4.78 is 51.6. The number of pyridine rings is 1. The maximum Gasteiger partial charge on any atom is 0.574 e. The van der Waals surface area contributed by atoms with Crippen molar-refractivity contribution in [2.24, 2.45) is 5.73 Å². The molecule has 1 rings (SSSR count). The second kappa shape index (κ2) is 3.89. The molecule has 15 heavy (non-hydrogen) atoms. The normalized spacial score (nSPS) is 11.5. The largest absolute Gasteiger partial charge is 0.574 e. The maximum atomic E-state index is 13.0. The monoisotopic (exact) mass is 225 g/mol. The van der Waals surface area contributed by atoms with Crippen molar-refractivity contribution in [1.29, 1.82) is 0 Å². The Bertz CT molecular complexity index is 343. The Kier molecular flexibility index (Phi) is 2.98. The van der Waals surface area contributed by atoms with Crippen LogP contribution >= 0.6 is 0 Å². The van der Waals surface area contributed by atoms with Crippen molar-refractivity contribution in [2.75, 3.05) is 5.73 Å². The molecule has 0 aliphatic carbocycles. The molecule has 0 saturated carbocycles. The van der Waals surface area contributed by atoms with Crippen molar-refractivity contribution >= 4 is 5.82 Å². The topological polar surface area (TPSA) is 74.2 Å². The Labute approximate surface area is 81.8 Å². The van der Waals surface area contributed by atoms with Gasteiger partial charge >= 0.3 is 6.36 Å². The van der Waals surface area contributed by atoms with E-state index in [1.54, 1.807) is 0 Å². The smallest absolute Gasteiger partial charge is 0.388 e. The van der Waals surface area contributed by atoms with Gasteiger partial charge in [-0.25, -0.2) is 4.39 Å². The van der Waals surface area contributed by atoms with Gasteiger partial charge in [-0.1, -0.05) is 0 Å². The number of alkyl halides is 3. The van der Waals surface area contributed by atoms with Crippen LogP contribution < -0.4 is 16.2 Å². The van der Waals surface area contributed by atoms with Crippen molar-refractivity contribution in [2.45, 2.75) is 12.9 Å². The van der Waals surface area contributed by atoms with Gasteiger partial charge in [-0.05, 0) is 0 Å². The van der Waals surface area contributed by atoms with E-state index < -0.39 is 23.9 Å². The van der Waals surface area contributed by atoms with Crippen molar-refractivity contribution < 1.29 is 22.3 Å². The molecule has 0 saturated heterocycles. The zero-order chi connectivity index (χ0) is 11.6. The van der Waals surface area contributed by atoms with Crippen molar-refractivity contribution in [1.82, 2.24) is 4.98 Å². The summed E-state index contributed by atoms with van der Waals surface area (Å²) in [6.45, 7) is -0.253. The highest BCUT2D eigenvalue weighted by Crippen LogP contribution is 2.24. The van der Waals surface area contributed by atoms with Crippen LogP contribution in [0.4, 0.5) is 23.4 Å². The van der Waals surface area contributed by atoms with Gasteiger partial charge < -0.3 is 16.2 Å². The maximum absolute atomic E-state index is 13.0. The van der Waals surface area contributed by atoms with Crippen molar-refractivity contribution in [3.8, 4) is 5.88 Å². The molecule has 1 heterocycles. The highest BCUT2D eigenvalue weighted by Gasteiger charge is 2.32. The Morgan fingerprint density at radius 3 is 2.40 bits per heavy atom. The van der Waals surface area contributed by atoms with E-state index in [4.69, 9.17) is 11.5 Å². The predicted octanol–water partition coefficient (Wildman–Crippen LogP) is 1.16. The van der Waals surface area contributed by atoms with Crippen LogP contribution in [-0.4, -0.2) is 11.3 Å². The van der Waals surface area contributed by atoms with Gasteiger partial charge in [-0.15, -0.1) is 13.2 Å². The lowest BCUT2D eigenvalue weighted by molar-refractivity contribution is -0.276. The summed E-state index contributed by atoms with van der Waals surface area (Å²) in [6.07, 6.45) is -4.93. The van der Waals surface area contributed by atoms with E-state index >= 15 is 0 Å². The Morgan fingerprint density at radius 1 is 1.40 bits per heavy atom. The van der Waals surface area contributed by atoms with Crippen LogP contribution in [0.5, 0.6) is 5.88 Å². The van der Waals surface area contributed by atoms with Crippen LogP contribution in [0.25, 0.3) is 0 Å². The minimum Gasteiger partial charge on any atom is -0.388 e. The van der Waals surface area contributed by atoms with E-state index in [0.717, 1.165) is 0 Å². The summed E-state index contributed by atoms with van der Waals surface area (Å²) >= 11 is 0. The Balaban J connectivity index is 3.04. The molecule has 0 aliphatic heterocycles. The molecular formula is C7H7F4N3O. The van der Waals surface area contributed by atoms with Gasteiger partial charge in [0.15, 0.2) is 0 Å². The molecule has 0 spiro atoms. The van der Waals surface area contributed by atoms with Gasteiger partial charge in [-0.3, -0.25) is 0 Å². The summed E-state index contributed by atoms with van der Waals surface area (Å²) in [6, 6.07) is 0.478. The first-order chi connectivity index (χ1) is 6.83. The average molecular weight is 225 g/mol. The standard InChI is InChI=1S/C7H7F4N3O/c8-4-1-5(15-7(9,10)11)14-6(13)3(4)2-12/h1H,2,12H2,(H2,13,14). The molecule has 0 atom stereocenters. The number of aromatic nitrogens is 1. The molecule has 1 aromatic heterocycles. The second-order valence-corrected chi connectivity index (χ2v) is 2.56. The fourth-order valence-electron chi connectivity index (χ4n) is 0.909. The van der Waals surface area contributed by atoms with Crippen molar-refractivity contribution in [3.05, 3.63) is 17.4 Å². The third-order valence-corrected chi connectivity index (χ3v) is 1.50. The number of nitrogen functional groups attached to an aromatic ring is 1. The Hall–Kier alpha value is -1.57. The van der Waals surface area contributed by atoms with E-state index in [2.05, 4.69) is 9.72 Å². The highest BCUT2D eigenvalue weighted by atomic mass is 19.4. The molecule has 8 heteroatoms. The number of ether oxygens (including phenoxy) is 1. The van der Waals surface area contributed by atoms with Crippen molar-refractivity contribution in [3.63, 3.8) is 0 Å². The van der Waals surface area contributed by atoms with Gasteiger partial charge in [0.1, 0.15) is 11.6 Å². The quantitative estimate of drug-likeness (QED) is 0.740. The summed E-state index contributed by atoms with van der Waals surface area (Å²) in [5, 5.41) is 0. The van der Waals surface area contributed by atoms with Crippen LogP contribution in [0.1, 0.15) is 5.56 Å². The first kappa shape index (κ1) is 11.5. The van der Waals surface area contributed by atoms with Gasteiger partial charge in [0.05, 0.1) is 0 Å². The van der Waals surface area contributed by atoms with E-state index in [1.807, 2.05) is 0 Å². The molecule has 0 aromatic carbocycles. The van der Waals surface area contributed by atoms with Crippen LogP contribution in [0.3, 0.4) is 0 Å². The molecule has 0 fully saturated rings. The number of nitrogens with two attached hydrogens (primary N) is 2. The third-order valence-electron chi connectivity index (χ3n) is 1.50. The molecule has 4 nitrogen and oxygen atoms in total. The molecule has 4 N–H and O–H groups in total. The number of nitrogens with zero attached hydrogens (tertiary/aromatic N) is 1. The predicted molar refractivity (Wildman–Crippen MR) is 43.2 cm³/mol. The van der Waals surface area contributed by atoms with Gasteiger partial charge in [0, 0.05) is 18.2 Å². The molecule has 0 aliphatic rings. The first-order valence-corrected chi connectivity index (χ1v) is 3.74. The number of hydrogen-bond donors (Lipinski definition) is 2. The fraction of sp³-hybridized carbons (Fsp3) is 0.286. The number of halogens is 4. The lowest BCUT2D eigenvalue weighted by Crippen LogP contribution is -2.19. The lowest BCUT2D eigenvalue weighted by atomic mass is 10.2. The third kappa shape index (κ3) is 2.94. The van der Waals surface area contributed by atoms with E-state index in [0.29, 0.717) is 6.07 Å².